The Hall–Kier alpha value is -2.04. The van der Waals surface area contributed by atoms with Gasteiger partial charge < -0.3 is 14.6 Å². The Balaban J connectivity index is 1.72. The standard InChI is InChI=1S/C24H27ClO4/c1-4-20-17(15-6-5-7-16(25)12-15)13-19-23(28-20)18-10-14(11-22(26)27)8-9-21(18)29-24(19,2)3/h5-10,12,17,19-20,23H,4,11,13H2,1-3H3,(H,26,27)/t17-,19-,20-,23+/m0/s1. The zero-order valence-electron chi connectivity index (χ0n) is 17.0. The van der Waals surface area contributed by atoms with Crippen molar-refractivity contribution in [1.29, 1.82) is 0 Å². The van der Waals surface area contributed by atoms with E-state index in [1.807, 2.05) is 36.4 Å². The second kappa shape index (κ2) is 7.66. The van der Waals surface area contributed by atoms with Gasteiger partial charge >= 0.3 is 5.97 Å². The zero-order valence-corrected chi connectivity index (χ0v) is 17.8. The summed E-state index contributed by atoms with van der Waals surface area (Å²) in [6.45, 7) is 6.38. The van der Waals surface area contributed by atoms with E-state index < -0.39 is 5.97 Å². The predicted molar refractivity (Wildman–Crippen MR) is 113 cm³/mol. The largest absolute Gasteiger partial charge is 0.487 e. The van der Waals surface area contributed by atoms with Crippen LogP contribution in [-0.2, 0) is 16.0 Å². The molecule has 29 heavy (non-hydrogen) atoms. The number of rotatable bonds is 4. The average molecular weight is 415 g/mol. The minimum atomic E-state index is -0.837. The second-order valence-corrected chi connectivity index (χ2v) is 9.09. The fraction of sp³-hybridized carbons (Fsp3) is 0.458. The lowest BCUT2D eigenvalue weighted by Gasteiger charge is -2.51. The smallest absolute Gasteiger partial charge is 0.307 e. The molecule has 1 N–H and O–H groups in total. The fourth-order valence-corrected chi connectivity index (χ4v) is 5.09. The highest BCUT2D eigenvalue weighted by atomic mass is 35.5. The number of benzene rings is 2. The Morgan fingerprint density at radius 3 is 2.72 bits per heavy atom. The third kappa shape index (κ3) is 3.88. The molecule has 1 fully saturated rings. The van der Waals surface area contributed by atoms with E-state index in [9.17, 15) is 9.90 Å². The second-order valence-electron chi connectivity index (χ2n) is 8.66. The SMILES string of the molecule is CC[C@@H]1O[C@@H]2c3cc(CC(=O)O)ccc3OC(C)(C)[C@H]2C[C@H]1c1cccc(Cl)c1. The van der Waals surface area contributed by atoms with Crippen molar-refractivity contribution in [2.75, 3.05) is 0 Å². The molecule has 1 saturated heterocycles. The van der Waals surface area contributed by atoms with Gasteiger partial charge in [-0.2, -0.15) is 0 Å². The van der Waals surface area contributed by atoms with Gasteiger partial charge in [-0.1, -0.05) is 36.7 Å². The summed E-state index contributed by atoms with van der Waals surface area (Å²) in [6, 6.07) is 13.7. The number of carboxylic acid groups (broad SMARTS) is 1. The normalized spacial score (nSPS) is 27.4. The maximum absolute atomic E-state index is 11.2. The summed E-state index contributed by atoms with van der Waals surface area (Å²) in [5.41, 5.74) is 2.55. The lowest BCUT2D eigenvalue weighted by Crippen LogP contribution is -2.50. The Morgan fingerprint density at radius 2 is 2.03 bits per heavy atom. The lowest BCUT2D eigenvalue weighted by molar-refractivity contribution is -0.159. The van der Waals surface area contributed by atoms with E-state index in [0.29, 0.717) is 0 Å². The number of halogens is 1. The highest BCUT2D eigenvalue weighted by Crippen LogP contribution is 2.54. The highest BCUT2D eigenvalue weighted by Gasteiger charge is 2.50. The molecule has 0 saturated carbocycles. The van der Waals surface area contributed by atoms with Crippen molar-refractivity contribution < 1.29 is 19.4 Å². The molecule has 2 aliphatic rings. The molecule has 0 aromatic heterocycles. The predicted octanol–water partition coefficient (Wildman–Crippen LogP) is 5.78. The molecule has 0 bridgehead atoms. The van der Waals surface area contributed by atoms with Crippen LogP contribution < -0.4 is 4.74 Å². The first-order valence-corrected chi connectivity index (χ1v) is 10.6. The monoisotopic (exact) mass is 414 g/mol. The first kappa shape index (κ1) is 20.2. The van der Waals surface area contributed by atoms with E-state index in [1.165, 1.54) is 5.56 Å². The van der Waals surface area contributed by atoms with Gasteiger partial charge in [-0.25, -0.2) is 0 Å². The van der Waals surface area contributed by atoms with E-state index in [1.54, 1.807) is 0 Å². The van der Waals surface area contributed by atoms with E-state index in [0.717, 1.165) is 34.7 Å². The molecule has 4 atom stereocenters. The molecule has 0 unspecified atom stereocenters. The number of hydrogen-bond acceptors (Lipinski definition) is 3. The Bertz CT molecular complexity index is 923. The van der Waals surface area contributed by atoms with Gasteiger partial charge in [-0.3, -0.25) is 4.79 Å². The number of hydrogen-bond donors (Lipinski definition) is 1. The number of aliphatic carboxylic acids is 1. The van der Waals surface area contributed by atoms with Crippen molar-refractivity contribution in [3.8, 4) is 5.75 Å². The van der Waals surface area contributed by atoms with Gasteiger partial charge in [0.25, 0.3) is 0 Å². The Morgan fingerprint density at radius 1 is 1.24 bits per heavy atom. The maximum Gasteiger partial charge on any atom is 0.307 e. The van der Waals surface area contributed by atoms with Crippen LogP contribution in [0.5, 0.6) is 5.75 Å². The third-order valence-electron chi connectivity index (χ3n) is 6.32. The summed E-state index contributed by atoms with van der Waals surface area (Å²) in [5.74, 6) is 0.352. The van der Waals surface area contributed by atoms with Crippen molar-refractivity contribution in [3.05, 3.63) is 64.2 Å². The van der Waals surface area contributed by atoms with Crippen LogP contribution >= 0.6 is 11.6 Å². The zero-order chi connectivity index (χ0) is 20.8. The van der Waals surface area contributed by atoms with Gasteiger partial charge in [-0.15, -0.1) is 0 Å². The molecule has 0 spiro atoms. The molecular weight excluding hydrogens is 388 g/mol. The number of ether oxygens (including phenoxy) is 2. The molecule has 2 aromatic rings. The molecule has 154 valence electrons. The lowest BCUT2D eigenvalue weighted by atomic mass is 9.70. The molecule has 2 aliphatic heterocycles. The first-order chi connectivity index (χ1) is 13.8. The topological polar surface area (TPSA) is 55.8 Å². The van der Waals surface area contributed by atoms with Crippen LogP contribution in [0.4, 0.5) is 0 Å². The molecule has 2 aromatic carbocycles. The molecule has 0 radical (unpaired) electrons. The van der Waals surface area contributed by atoms with E-state index in [4.69, 9.17) is 21.1 Å². The molecule has 0 amide bonds. The summed E-state index contributed by atoms with van der Waals surface area (Å²) < 4.78 is 13.1. The maximum atomic E-state index is 11.2. The molecule has 4 rings (SSSR count). The number of fused-ring (bicyclic) bond motifs is 3. The van der Waals surface area contributed by atoms with Crippen LogP contribution in [0.15, 0.2) is 42.5 Å². The molecular formula is C24H27ClO4. The molecule has 0 aliphatic carbocycles. The molecule has 5 heteroatoms. The summed E-state index contributed by atoms with van der Waals surface area (Å²) in [7, 11) is 0. The minimum absolute atomic E-state index is 0.00357. The van der Waals surface area contributed by atoms with Gasteiger partial charge in [0.1, 0.15) is 11.4 Å². The Labute approximate surface area is 176 Å². The summed E-state index contributed by atoms with van der Waals surface area (Å²) in [5, 5.41) is 9.91. The fourth-order valence-electron chi connectivity index (χ4n) is 4.89. The minimum Gasteiger partial charge on any atom is -0.487 e. The van der Waals surface area contributed by atoms with Crippen LogP contribution in [0.3, 0.4) is 0 Å². The van der Waals surface area contributed by atoms with Crippen LogP contribution in [0.2, 0.25) is 5.02 Å². The van der Waals surface area contributed by atoms with Crippen molar-refractivity contribution in [2.45, 2.75) is 63.8 Å². The first-order valence-electron chi connectivity index (χ1n) is 10.2. The van der Waals surface area contributed by atoms with Crippen LogP contribution in [0, 0.1) is 5.92 Å². The molecule has 2 heterocycles. The summed E-state index contributed by atoms with van der Waals surface area (Å²) >= 11 is 6.26. The van der Waals surface area contributed by atoms with Gasteiger partial charge in [0.05, 0.1) is 18.6 Å². The van der Waals surface area contributed by atoms with E-state index >= 15 is 0 Å². The Kier molecular flexibility index (Phi) is 5.34. The van der Waals surface area contributed by atoms with Crippen LogP contribution in [-0.4, -0.2) is 22.8 Å². The van der Waals surface area contributed by atoms with E-state index in [-0.39, 0.29) is 36.1 Å². The van der Waals surface area contributed by atoms with Crippen molar-refractivity contribution in [2.24, 2.45) is 5.92 Å². The number of carbonyl (C=O) groups is 1. The van der Waals surface area contributed by atoms with Crippen molar-refractivity contribution >= 4 is 17.6 Å². The molecule has 4 nitrogen and oxygen atoms in total. The highest BCUT2D eigenvalue weighted by molar-refractivity contribution is 6.30. The summed E-state index contributed by atoms with van der Waals surface area (Å²) in [4.78, 5) is 11.2. The van der Waals surface area contributed by atoms with Gasteiger partial charge in [0, 0.05) is 22.4 Å². The average Bonchev–Trinajstić information content (AvgIpc) is 2.67. The van der Waals surface area contributed by atoms with Crippen LogP contribution in [0.1, 0.15) is 62.3 Å². The van der Waals surface area contributed by atoms with E-state index in [2.05, 4.69) is 26.8 Å². The van der Waals surface area contributed by atoms with Gasteiger partial charge in [0.2, 0.25) is 0 Å². The van der Waals surface area contributed by atoms with Crippen molar-refractivity contribution in [3.63, 3.8) is 0 Å². The third-order valence-corrected chi connectivity index (χ3v) is 6.56. The van der Waals surface area contributed by atoms with Gasteiger partial charge in [-0.05, 0) is 62.1 Å². The van der Waals surface area contributed by atoms with Crippen LogP contribution in [0.25, 0.3) is 0 Å². The van der Waals surface area contributed by atoms with Crippen molar-refractivity contribution in [1.82, 2.24) is 0 Å². The quantitative estimate of drug-likeness (QED) is 0.689. The van der Waals surface area contributed by atoms with Gasteiger partial charge in [0.15, 0.2) is 0 Å². The summed E-state index contributed by atoms with van der Waals surface area (Å²) in [6.07, 6.45) is 1.78. The number of carboxylic acids is 1.